The second-order valence-electron chi connectivity index (χ2n) is 7.79. The number of anilines is 1. The molecule has 0 fully saturated rings. The molecule has 4 aromatic rings. The minimum absolute atomic E-state index is 0.161. The van der Waals surface area contributed by atoms with Crippen LogP contribution in [-0.2, 0) is 27.7 Å². The predicted octanol–water partition coefficient (Wildman–Crippen LogP) is 2.82. The van der Waals surface area contributed by atoms with Crippen molar-refractivity contribution in [3.63, 3.8) is 0 Å². The van der Waals surface area contributed by atoms with E-state index in [-0.39, 0.29) is 18.0 Å². The van der Waals surface area contributed by atoms with Gasteiger partial charge >= 0.3 is 0 Å². The Morgan fingerprint density at radius 3 is 2.76 bits per heavy atom. The number of rotatable bonds is 10. The summed E-state index contributed by atoms with van der Waals surface area (Å²) in [5, 5.41) is 0.776. The number of imidazole rings is 1. The number of aryl methyl sites for hydroxylation is 2. The number of para-hydroxylation sites is 1. The zero-order valence-electron chi connectivity index (χ0n) is 18.8. The molecule has 0 aliphatic heterocycles. The Balaban J connectivity index is 1.36. The largest absolute Gasteiger partial charge is 0.382 e. The van der Waals surface area contributed by atoms with Crippen LogP contribution in [0.2, 0.25) is 0 Å². The molecule has 10 heteroatoms. The summed E-state index contributed by atoms with van der Waals surface area (Å²) in [6.45, 7) is 5.42. The molecule has 0 radical (unpaired) electrons. The third-order valence-corrected chi connectivity index (χ3v) is 6.82. The van der Waals surface area contributed by atoms with Crippen molar-refractivity contribution in [1.29, 1.82) is 0 Å². The van der Waals surface area contributed by atoms with Gasteiger partial charge in [0.1, 0.15) is 16.2 Å². The lowest BCUT2D eigenvalue weighted by molar-refractivity contribution is 0.131. The summed E-state index contributed by atoms with van der Waals surface area (Å²) in [6.07, 6.45) is 3.37. The molecular weight excluding hydrogens is 440 g/mol. The first kappa shape index (κ1) is 23.1. The summed E-state index contributed by atoms with van der Waals surface area (Å²) < 4.78 is 35.9. The normalized spacial score (nSPS) is 12.1. The van der Waals surface area contributed by atoms with E-state index in [4.69, 9.17) is 10.5 Å². The average Bonchev–Trinajstić information content (AvgIpc) is 3.13. The van der Waals surface area contributed by atoms with Crippen LogP contribution >= 0.6 is 0 Å². The van der Waals surface area contributed by atoms with Gasteiger partial charge in [-0.05, 0) is 31.5 Å². The van der Waals surface area contributed by atoms with Crippen LogP contribution in [0.15, 0.2) is 47.5 Å². The molecule has 0 aliphatic carbocycles. The first-order valence-electron chi connectivity index (χ1n) is 10.9. The molecule has 0 atom stereocenters. The van der Waals surface area contributed by atoms with E-state index in [1.165, 1.54) is 0 Å². The third kappa shape index (κ3) is 4.97. The number of hydrogen-bond acceptors (Lipinski definition) is 7. The minimum atomic E-state index is -3.70. The molecule has 0 spiro atoms. The molecular formula is C23H28N6O3S. The number of ether oxygens (including phenoxy) is 1. The Labute approximate surface area is 193 Å². The van der Waals surface area contributed by atoms with Gasteiger partial charge in [-0.25, -0.2) is 23.1 Å². The maximum atomic E-state index is 12.8. The molecule has 0 bridgehead atoms. The SMILES string of the molecule is CCCc1nc2c(N)nc(C)cc2n1CCOCCNS(=O)(=O)c1cccc2cccnc12. The zero-order valence-corrected chi connectivity index (χ0v) is 19.6. The van der Waals surface area contributed by atoms with Gasteiger partial charge in [0.05, 0.1) is 24.2 Å². The molecule has 9 nitrogen and oxygen atoms in total. The van der Waals surface area contributed by atoms with E-state index in [1.54, 1.807) is 24.4 Å². The third-order valence-electron chi connectivity index (χ3n) is 5.33. The van der Waals surface area contributed by atoms with Gasteiger partial charge < -0.3 is 15.0 Å². The van der Waals surface area contributed by atoms with Crippen LogP contribution in [0.25, 0.3) is 21.9 Å². The van der Waals surface area contributed by atoms with Crippen molar-refractivity contribution < 1.29 is 13.2 Å². The standard InChI is InChI=1S/C23H28N6O3S/c1-3-6-20-28-22-18(15-16(2)27-23(22)24)29(20)12-14-32-13-11-26-33(30,31)19-9-4-7-17-8-5-10-25-21(17)19/h4-5,7-10,15,26H,3,6,11-14H2,1-2H3,(H2,24,27). The quantitative estimate of drug-likeness (QED) is 0.343. The van der Waals surface area contributed by atoms with Crippen molar-refractivity contribution in [2.75, 3.05) is 25.5 Å². The molecule has 3 aromatic heterocycles. The van der Waals surface area contributed by atoms with Gasteiger partial charge in [0.25, 0.3) is 0 Å². The molecule has 0 unspecified atom stereocenters. The molecule has 0 aliphatic rings. The molecule has 0 saturated heterocycles. The van der Waals surface area contributed by atoms with Crippen molar-refractivity contribution in [2.24, 2.45) is 0 Å². The number of aromatic nitrogens is 4. The van der Waals surface area contributed by atoms with Gasteiger partial charge in [0.2, 0.25) is 10.0 Å². The van der Waals surface area contributed by atoms with Crippen LogP contribution in [-0.4, -0.2) is 47.7 Å². The van der Waals surface area contributed by atoms with E-state index in [2.05, 4.69) is 31.2 Å². The highest BCUT2D eigenvalue weighted by atomic mass is 32.2. The van der Waals surface area contributed by atoms with Crippen LogP contribution in [0.5, 0.6) is 0 Å². The summed E-state index contributed by atoms with van der Waals surface area (Å²) in [5.41, 5.74) is 9.00. The van der Waals surface area contributed by atoms with E-state index >= 15 is 0 Å². The maximum Gasteiger partial charge on any atom is 0.242 e. The number of nitrogen functional groups attached to an aromatic ring is 1. The number of hydrogen-bond donors (Lipinski definition) is 2. The van der Waals surface area contributed by atoms with Crippen LogP contribution in [0.3, 0.4) is 0 Å². The van der Waals surface area contributed by atoms with Crippen molar-refractivity contribution in [3.8, 4) is 0 Å². The highest BCUT2D eigenvalue weighted by molar-refractivity contribution is 7.89. The lowest BCUT2D eigenvalue weighted by atomic mass is 10.2. The molecule has 4 rings (SSSR count). The number of nitrogens with two attached hydrogens (primary N) is 1. The average molecular weight is 469 g/mol. The van der Waals surface area contributed by atoms with Crippen molar-refractivity contribution in [1.82, 2.24) is 24.2 Å². The van der Waals surface area contributed by atoms with Gasteiger partial charge in [0, 0.05) is 36.8 Å². The van der Waals surface area contributed by atoms with Crippen molar-refractivity contribution in [3.05, 3.63) is 54.1 Å². The highest BCUT2D eigenvalue weighted by Crippen LogP contribution is 2.23. The summed E-state index contributed by atoms with van der Waals surface area (Å²) in [4.78, 5) is 13.4. The maximum absolute atomic E-state index is 12.8. The molecule has 3 heterocycles. The summed E-state index contributed by atoms with van der Waals surface area (Å²) in [6, 6.07) is 10.7. The molecule has 0 saturated carbocycles. The summed E-state index contributed by atoms with van der Waals surface area (Å²) in [5.74, 6) is 1.37. The number of nitrogens with zero attached hydrogens (tertiary/aromatic N) is 4. The summed E-state index contributed by atoms with van der Waals surface area (Å²) in [7, 11) is -3.70. The Hall–Kier alpha value is -3.08. The second-order valence-corrected chi connectivity index (χ2v) is 9.52. The van der Waals surface area contributed by atoms with Gasteiger partial charge in [-0.1, -0.05) is 25.1 Å². The molecule has 0 amide bonds. The fourth-order valence-electron chi connectivity index (χ4n) is 3.86. The Kier molecular flexibility index (Phi) is 6.87. The monoisotopic (exact) mass is 468 g/mol. The predicted molar refractivity (Wildman–Crippen MR) is 128 cm³/mol. The van der Waals surface area contributed by atoms with Crippen LogP contribution in [0.1, 0.15) is 24.9 Å². The van der Waals surface area contributed by atoms with Crippen LogP contribution in [0.4, 0.5) is 5.82 Å². The lowest BCUT2D eigenvalue weighted by Crippen LogP contribution is -2.28. The first-order valence-corrected chi connectivity index (χ1v) is 12.4. The van der Waals surface area contributed by atoms with Gasteiger partial charge in [0.15, 0.2) is 5.82 Å². The highest BCUT2D eigenvalue weighted by Gasteiger charge is 2.18. The van der Waals surface area contributed by atoms with Gasteiger partial charge in [-0.2, -0.15) is 0 Å². The molecule has 3 N–H and O–H groups in total. The minimum Gasteiger partial charge on any atom is -0.382 e. The number of fused-ring (bicyclic) bond motifs is 2. The molecule has 1 aromatic carbocycles. The Morgan fingerprint density at radius 2 is 1.94 bits per heavy atom. The van der Waals surface area contributed by atoms with Crippen molar-refractivity contribution in [2.45, 2.75) is 38.1 Å². The lowest BCUT2D eigenvalue weighted by Gasteiger charge is -2.11. The number of benzene rings is 1. The first-order chi connectivity index (χ1) is 15.9. The fraction of sp³-hybridized carbons (Fsp3) is 0.348. The Bertz CT molecular complexity index is 1380. The van der Waals surface area contributed by atoms with Crippen LogP contribution in [0, 0.1) is 6.92 Å². The fourth-order valence-corrected chi connectivity index (χ4v) is 5.05. The van der Waals surface area contributed by atoms with Gasteiger partial charge in [-0.15, -0.1) is 0 Å². The topological polar surface area (TPSA) is 125 Å². The smallest absolute Gasteiger partial charge is 0.242 e. The molecule has 174 valence electrons. The van der Waals surface area contributed by atoms with E-state index in [0.717, 1.165) is 35.3 Å². The Morgan fingerprint density at radius 1 is 1.12 bits per heavy atom. The van der Waals surface area contributed by atoms with E-state index in [9.17, 15) is 8.42 Å². The van der Waals surface area contributed by atoms with Crippen LogP contribution < -0.4 is 10.5 Å². The van der Waals surface area contributed by atoms with E-state index in [1.807, 2.05) is 25.1 Å². The van der Waals surface area contributed by atoms with Gasteiger partial charge in [-0.3, -0.25) is 4.98 Å². The van der Waals surface area contributed by atoms with Crippen molar-refractivity contribution >= 4 is 37.8 Å². The molecule has 33 heavy (non-hydrogen) atoms. The van der Waals surface area contributed by atoms with E-state index in [0.29, 0.717) is 30.0 Å². The second kappa shape index (κ2) is 9.82. The number of pyridine rings is 2. The number of sulfonamides is 1. The number of nitrogens with one attached hydrogen (secondary N) is 1. The zero-order chi connectivity index (χ0) is 23.4. The van der Waals surface area contributed by atoms with E-state index < -0.39 is 10.0 Å². The summed E-state index contributed by atoms with van der Waals surface area (Å²) >= 11 is 0.